The second-order valence-electron chi connectivity index (χ2n) is 5.14. The lowest BCUT2D eigenvalue weighted by Gasteiger charge is -2.08. The number of ether oxygens (including phenoxy) is 1. The number of hydrogen-bond acceptors (Lipinski definition) is 2. The molecule has 3 rings (SSSR count). The fourth-order valence-corrected chi connectivity index (χ4v) is 2.65. The van der Waals surface area contributed by atoms with E-state index >= 15 is 0 Å². The molecule has 0 amide bonds. The van der Waals surface area contributed by atoms with Crippen LogP contribution in [0.4, 0.5) is 5.69 Å². The molecule has 0 spiro atoms. The predicted octanol–water partition coefficient (Wildman–Crippen LogP) is 6.14. The van der Waals surface area contributed by atoms with Gasteiger partial charge in [0.25, 0.3) is 0 Å². The number of benzene rings is 3. The van der Waals surface area contributed by atoms with E-state index in [1.807, 2.05) is 73.8 Å². The fourth-order valence-electron chi connectivity index (χ4n) is 2.12. The summed E-state index contributed by atoms with van der Waals surface area (Å²) in [6.45, 7) is 2.04. The first-order valence-electron chi connectivity index (χ1n) is 7.34. The van der Waals surface area contributed by atoms with Gasteiger partial charge in [-0.15, -0.1) is 0 Å². The minimum Gasteiger partial charge on any atom is -0.457 e. The maximum absolute atomic E-state index is 5.89. The summed E-state index contributed by atoms with van der Waals surface area (Å²) >= 11 is 2.31. The maximum Gasteiger partial charge on any atom is 0.130 e. The van der Waals surface area contributed by atoms with Crippen LogP contribution in [0.3, 0.4) is 0 Å². The molecular weight excluding hydrogens is 397 g/mol. The van der Waals surface area contributed by atoms with Crippen molar-refractivity contribution in [3.8, 4) is 11.5 Å². The molecule has 0 aliphatic carbocycles. The van der Waals surface area contributed by atoms with E-state index in [0.717, 1.165) is 28.3 Å². The minimum atomic E-state index is 0.813. The van der Waals surface area contributed by atoms with E-state index in [9.17, 15) is 0 Å². The summed E-state index contributed by atoms with van der Waals surface area (Å²) < 4.78 is 7.08. The molecule has 0 aromatic heterocycles. The highest BCUT2D eigenvalue weighted by Crippen LogP contribution is 2.26. The number of rotatable bonds is 4. The number of para-hydroxylation sites is 1. The SMILES string of the molecule is Cc1ccccc1Oc1ccc(N=Cc2ccccc2I)cc1. The average molecular weight is 413 g/mol. The van der Waals surface area contributed by atoms with Crippen LogP contribution in [0, 0.1) is 10.5 Å². The molecular formula is C20H16INO. The molecule has 3 heteroatoms. The van der Waals surface area contributed by atoms with Crippen LogP contribution in [-0.4, -0.2) is 6.21 Å². The summed E-state index contributed by atoms with van der Waals surface area (Å²) in [6.07, 6.45) is 1.89. The quantitative estimate of drug-likeness (QED) is 0.372. The van der Waals surface area contributed by atoms with Crippen molar-refractivity contribution in [2.75, 3.05) is 0 Å². The normalized spacial score (nSPS) is 10.9. The molecule has 0 fully saturated rings. The van der Waals surface area contributed by atoms with Gasteiger partial charge in [0.15, 0.2) is 0 Å². The molecule has 0 atom stereocenters. The van der Waals surface area contributed by atoms with Crippen LogP contribution >= 0.6 is 22.6 Å². The van der Waals surface area contributed by atoms with Gasteiger partial charge in [-0.25, -0.2) is 0 Å². The summed E-state index contributed by atoms with van der Waals surface area (Å²) in [7, 11) is 0. The summed E-state index contributed by atoms with van der Waals surface area (Å²) in [5.41, 5.74) is 3.14. The van der Waals surface area contributed by atoms with Gasteiger partial charge < -0.3 is 4.74 Å². The molecule has 0 unspecified atom stereocenters. The smallest absolute Gasteiger partial charge is 0.130 e. The zero-order valence-electron chi connectivity index (χ0n) is 12.7. The third kappa shape index (κ3) is 4.20. The third-order valence-electron chi connectivity index (χ3n) is 3.42. The van der Waals surface area contributed by atoms with Gasteiger partial charge in [-0.3, -0.25) is 4.99 Å². The standard InChI is InChI=1S/C20H16INO/c1-15-6-2-5-9-20(15)23-18-12-10-17(11-13-18)22-14-16-7-3-4-8-19(16)21/h2-14H,1H3. The Bertz CT molecular complexity index is 825. The highest BCUT2D eigenvalue weighted by atomic mass is 127. The van der Waals surface area contributed by atoms with Crippen molar-refractivity contribution in [1.82, 2.24) is 0 Å². The van der Waals surface area contributed by atoms with Crippen molar-refractivity contribution < 1.29 is 4.74 Å². The van der Waals surface area contributed by atoms with Crippen molar-refractivity contribution in [2.24, 2.45) is 4.99 Å². The lowest BCUT2D eigenvalue weighted by Crippen LogP contribution is -1.87. The fraction of sp³-hybridized carbons (Fsp3) is 0.0500. The topological polar surface area (TPSA) is 21.6 Å². The second-order valence-corrected chi connectivity index (χ2v) is 6.30. The number of aryl methyl sites for hydroxylation is 1. The van der Waals surface area contributed by atoms with Crippen LogP contribution in [0.5, 0.6) is 11.5 Å². The van der Waals surface area contributed by atoms with Crippen molar-refractivity contribution in [1.29, 1.82) is 0 Å². The molecule has 0 bridgehead atoms. The second kappa shape index (κ2) is 7.42. The number of nitrogens with zero attached hydrogens (tertiary/aromatic N) is 1. The Morgan fingerprint density at radius 3 is 2.30 bits per heavy atom. The average Bonchev–Trinajstić information content (AvgIpc) is 2.57. The number of aliphatic imine (C=N–C) groups is 1. The van der Waals surface area contributed by atoms with E-state index < -0.39 is 0 Å². The molecule has 0 saturated carbocycles. The molecule has 3 aromatic rings. The largest absolute Gasteiger partial charge is 0.457 e. The molecule has 0 aliphatic heterocycles. The van der Waals surface area contributed by atoms with Gasteiger partial charge in [-0.05, 0) is 71.5 Å². The lowest BCUT2D eigenvalue weighted by molar-refractivity contribution is 0.479. The van der Waals surface area contributed by atoms with Crippen LogP contribution in [-0.2, 0) is 0 Å². The Morgan fingerprint density at radius 2 is 1.57 bits per heavy atom. The van der Waals surface area contributed by atoms with Crippen LogP contribution in [0.2, 0.25) is 0 Å². The van der Waals surface area contributed by atoms with E-state index in [-0.39, 0.29) is 0 Å². The Labute approximate surface area is 150 Å². The molecule has 23 heavy (non-hydrogen) atoms. The van der Waals surface area contributed by atoms with Crippen LogP contribution in [0.1, 0.15) is 11.1 Å². The highest BCUT2D eigenvalue weighted by molar-refractivity contribution is 14.1. The van der Waals surface area contributed by atoms with Gasteiger partial charge in [0.1, 0.15) is 11.5 Å². The first-order chi connectivity index (χ1) is 11.2. The molecule has 0 saturated heterocycles. The Balaban J connectivity index is 1.73. The molecule has 0 aliphatic rings. The summed E-state index contributed by atoms with van der Waals surface area (Å²) in [5.74, 6) is 1.69. The van der Waals surface area contributed by atoms with Crippen molar-refractivity contribution in [3.05, 3.63) is 87.5 Å². The van der Waals surface area contributed by atoms with Crippen molar-refractivity contribution in [2.45, 2.75) is 6.92 Å². The molecule has 114 valence electrons. The van der Waals surface area contributed by atoms with Gasteiger partial charge >= 0.3 is 0 Å². The lowest BCUT2D eigenvalue weighted by atomic mass is 10.2. The number of hydrogen-bond donors (Lipinski definition) is 0. The van der Waals surface area contributed by atoms with E-state index in [2.05, 4.69) is 39.7 Å². The predicted molar refractivity (Wildman–Crippen MR) is 104 cm³/mol. The van der Waals surface area contributed by atoms with Gasteiger partial charge in [0, 0.05) is 15.3 Å². The van der Waals surface area contributed by atoms with E-state index in [0.29, 0.717) is 0 Å². The zero-order valence-corrected chi connectivity index (χ0v) is 14.9. The zero-order chi connectivity index (χ0) is 16.1. The highest BCUT2D eigenvalue weighted by Gasteiger charge is 2.00. The van der Waals surface area contributed by atoms with Gasteiger partial charge in [-0.2, -0.15) is 0 Å². The minimum absolute atomic E-state index is 0.813. The van der Waals surface area contributed by atoms with E-state index in [4.69, 9.17) is 4.74 Å². The summed E-state index contributed by atoms with van der Waals surface area (Å²) in [5, 5.41) is 0. The maximum atomic E-state index is 5.89. The van der Waals surface area contributed by atoms with Crippen molar-refractivity contribution in [3.63, 3.8) is 0 Å². The molecule has 0 radical (unpaired) electrons. The van der Waals surface area contributed by atoms with E-state index in [1.165, 1.54) is 3.57 Å². The van der Waals surface area contributed by atoms with Crippen LogP contribution < -0.4 is 4.74 Å². The Hall–Kier alpha value is -2.14. The molecule has 0 heterocycles. The molecule has 2 nitrogen and oxygen atoms in total. The summed E-state index contributed by atoms with van der Waals surface area (Å²) in [6, 6.07) is 24.0. The molecule has 0 N–H and O–H groups in total. The third-order valence-corrected chi connectivity index (χ3v) is 4.40. The first-order valence-corrected chi connectivity index (χ1v) is 8.42. The van der Waals surface area contributed by atoms with Crippen molar-refractivity contribution >= 4 is 34.5 Å². The monoisotopic (exact) mass is 413 g/mol. The van der Waals surface area contributed by atoms with Gasteiger partial charge in [0.2, 0.25) is 0 Å². The number of halogens is 1. The molecule has 3 aromatic carbocycles. The van der Waals surface area contributed by atoms with Gasteiger partial charge in [0.05, 0.1) is 5.69 Å². The Morgan fingerprint density at radius 1 is 0.870 bits per heavy atom. The first kappa shape index (κ1) is 15.7. The van der Waals surface area contributed by atoms with Crippen LogP contribution in [0.15, 0.2) is 77.8 Å². The van der Waals surface area contributed by atoms with Gasteiger partial charge in [-0.1, -0.05) is 36.4 Å². The van der Waals surface area contributed by atoms with E-state index in [1.54, 1.807) is 0 Å². The summed E-state index contributed by atoms with van der Waals surface area (Å²) in [4.78, 5) is 4.52. The van der Waals surface area contributed by atoms with Crippen LogP contribution in [0.25, 0.3) is 0 Å². The Kier molecular flexibility index (Phi) is 5.08.